The summed E-state index contributed by atoms with van der Waals surface area (Å²) in [4.78, 5) is 0. The van der Waals surface area contributed by atoms with E-state index in [1.165, 1.54) is 181 Å². The quantitative estimate of drug-likeness (QED) is 0.143. The van der Waals surface area contributed by atoms with Crippen molar-refractivity contribution in [2.75, 3.05) is 0 Å². The number of thiophene rings is 4. The Hall–Kier alpha value is -11.0. The Balaban J connectivity index is 0.000000133. The first-order chi connectivity index (χ1) is 46.6. The normalized spacial score (nSPS) is 11.8. The van der Waals surface area contributed by atoms with Gasteiger partial charge in [-0.3, -0.25) is 0 Å². The molecule has 0 N–H and O–H groups in total. The molecule has 6 aromatic heterocycles. The fraction of sp³-hybridized carbons (Fsp3) is 0. The summed E-state index contributed by atoms with van der Waals surface area (Å²) in [6.45, 7) is 0. The summed E-state index contributed by atoms with van der Waals surface area (Å²) in [6.07, 6.45) is 0. The van der Waals surface area contributed by atoms with Crippen molar-refractivity contribution in [3.8, 4) is 78.1 Å². The molecule has 0 unspecified atom stereocenters. The summed E-state index contributed by atoms with van der Waals surface area (Å²) < 4.78 is 15.5. The molecule has 0 atom stereocenters. The zero-order chi connectivity index (χ0) is 61.8. The van der Waals surface area contributed by atoms with Crippen LogP contribution in [0.2, 0.25) is 0 Å². The molecule has 0 spiro atoms. The number of hydrogen-bond acceptors (Lipinski definition) is 4. The Bertz CT molecular complexity index is 6340. The third kappa shape index (κ3) is 9.09. The summed E-state index contributed by atoms with van der Waals surface area (Å²) in [5, 5.41) is 10.5. The van der Waals surface area contributed by atoms with E-state index in [4.69, 9.17) is 0 Å². The fourth-order valence-electron chi connectivity index (χ4n) is 14.4. The Labute approximate surface area is 558 Å². The van der Waals surface area contributed by atoms with Gasteiger partial charge in [0.1, 0.15) is 0 Å². The number of rotatable bonds is 8. The number of benzene rings is 14. The number of nitrogens with zero attached hydrogens (tertiary/aromatic N) is 2. The van der Waals surface area contributed by atoms with Gasteiger partial charge in [0.05, 0.1) is 31.5 Å². The maximum Gasteiger partial charge on any atom is 0.0727 e. The fourth-order valence-corrected chi connectivity index (χ4v) is 19.4. The predicted molar refractivity (Wildman–Crippen MR) is 411 cm³/mol. The van der Waals surface area contributed by atoms with E-state index in [-0.39, 0.29) is 0 Å². The maximum atomic E-state index is 2.44. The second kappa shape index (κ2) is 22.4. The van der Waals surface area contributed by atoms with E-state index in [1.54, 1.807) is 0 Å². The zero-order valence-corrected chi connectivity index (χ0v) is 54.0. The van der Waals surface area contributed by atoms with Gasteiger partial charge in [-0.1, -0.05) is 243 Å². The number of aromatic nitrogens is 2. The first-order valence-corrected chi connectivity index (χ1v) is 35.1. The molecule has 2 nitrogen and oxygen atoms in total. The van der Waals surface area contributed by atoms with Gasteiger partial charge in [-0.2, -0.15) is 0 Å². The van der Waals surface area contributed by atoms with Crippen LogP contribution in [0.3, 0.4) is 0 Å². The Morgan fingerprint density at radius 1 is 0.181 bits per heavy atom. The standard InChI is InChI=1S/2C44H27NS2/c1-3-12-28(13-4-1)33-19-10-21-35-36-22-11-20-34(43(36)47-42(33)35)31-15-9-14-29(26-31)30-24-25-40-38(27-30)41-44(46-40)37-18-7-8-23-39(37)45(41)32-16-5-2-6-17-32;1-3-10-28(11-4-1)32-18-21-35-36-22-19-33(27-42(36)46-41(35)26-32)30-13-9-12-29(24-30)31-20-23-40-38(25-31)43-44(47-40)37-16-7-8-17-39(37)45(43)34-14-5-2-6-15-34/h2*1-27H. The molecule has 94 heavy (non-hydrogen) atoms. The molecule has 14 aromatic carbocycles. The molecule has 0 aliphatic rings. The lowest BCUT2D eigenvalue weighted by atomic mass is 9.97. The summed E-state index contributed by atoms with van der Waals surface area (Å²) in [5.41, 5.74) is 22.5. The van der Waals surface area contributed by atoms with Crippen LogP contribution in [0.25, 0.3) is 181 Å². The molecule has 0 amide bonds. The van der Waals surface area contributed by atoms with E-state index in [9.17, 15) is 0 Å². The van der Waals surface area contributed by atoms with Gasteiger partial charge < -0.3 is 9.13 Å². The second-order valence-electron chi connectivity index (χ2n) is 24.2. The second-order valence-corrected chi connectivity index (χ2v) is 28.5. The highest BCUT2D eigenvalue weighted by atomic mass is 32.1. The first-order valence-electron chi connectivity index (χ1n) is 31.9. The summed E-state index contributed by atoms with van der Waals surface area (Å²) in [5.74, 6) is 0. The lowest BCUT2D eigenvalue weighted by Gasteiger charge is -2.09. The molecule has 6 heterocycles. The Morgan fingerprint density at radius 3 is 1.05 bits per heavy atom. The van der Waals surface area contributed by atoms with Crippen LogP contribution < -0.4 is 0 Å². The van der Waals surface area contributed by atoms with Gasteiger partial charge in [0.15, 0.2) is 0 Å². The third-order valence-electron chi connectivity index (χ3n) is 18.8. The minimum absolute atomic E-state index is 1.19. The largest absolute Gasteiger partial charge is 0.308 e. The molecule has 0 saturated carbocycles. The highest BCUT2D eigenvalue weighted by Gasteiger charge is 2.22. The molecule has 6 heteroatoms. The van der Waals surface area contributed by atoms with E-state index in [2.05, 4.69) is 337 Å². The van der Waals surface area contributed by atoms with Crippen LogP contribution in [0.4, 0.5) is 0 Å². The summed E-state index contributed by atoms with van der Waals surface area (Å²) in [7, 11) is 0. The topological polar surface area (TPSA) is 9.86 Å². The van der Waals surface area contributed by atoms with Gasteiger partial charge in [-0.15, -0.1) is 45.3 Å². The smallest absolute Gasteiger partial charge is 0.0727 e. The number of para-hydroxylation sites is 4. The minimum atomic E-state index is 1.19. The Kier molecular flexibility index (Phi) is 13.1. The third-order valence-corrected chi connectivity index (χ3v) is 23.6. The molecule has 20 aromatic rings. The molecular formula is C88H54N2S4. The van der Waals surface area contributed by atoms with Gasteiger partial charge in [-0.25, -0.2) is 0 Å². The summed E-state index contributed by atoms with van der Waals surface area (Å²) >= 11 is 7.58. The van der Waals surface area contributed by atoms with E-state index in [0.717, 1.165) is 0 Å². The average Bonchev–Trinajstić information content (AvgIpc) is 1.57. The van der Waals surface area contributed by atoms with E-state index in [0.29, 0.717) is 0 Å². The van der Waals surface area contributed by atoms with Gasteiger partial charge in [0.25, 0.3) is 0 Å². The monoisotopic (exact) mass is 1270 g/mol. The molecule has 20 rings (SSSR count). The van der Waals surface area contributed by atoms with Crippen molar-refractivity contribution in [2.45, 2.75) is 0 Å². The number of hydrogen-bond donors (Lipinski definition) is 0. The minimum Gasteiger partial charge on any atom is -0.308 e. The van der Waals surface area contributed by atoms with Crippen LogP contribution in [0.5, 0.6) is 0 Å². The van der Waals surface area contributed by atoms with Crippen LogP contribution in [-0.2, 0) is 0 Å². The summed E-state index contributed by atoms with van der Waals surface area (Å²) in [6, 6.07) is 120. The SMILES string of the molecule is c1ccc(-c2ccc3c(c2)sc2cc(-c4cccc(-c5ccc6sc7c8ccccc8n(-c8ccccc8)c7c6c5)c4)ccc23)cc1.c1ccc(-c2cccc3c2sc2c(-c4cccc(-c5ccc6sc7c8ccccc8n(-c8ccccc8)c7c6c5)c4)cccc23)cc1. The van der Waals surface area contributed by atoms with Crippen LogP contribution in [-0.4, -0.2) is 9.13 Å². The van der Waals surface area contributed by atoms with E-state index in [1.807, 2.05) is 45.3 Å². The van der Waals surface area contributed by atoms with Gasteiger partial charge in [-0.05, 0) is 152 Å². The van der Waals surface area contributed by atoms with Crippen molar-refractivity contribution < 1.29 is 0 Å². The van der Waals surface area contributed by atoms with Crippen LogP contribution in [0.1, 0.15) is 0 Å². The average molecular weight is 1270 g/mol. The van der Waals surface area contributed by atoms with Gasteiger partial charge >= 0.3 is 0 Å². The molecule has 0 bridgehead atoms. The van der Waals surface area contributed by atoms with Crippen molar-refractivity contribution in [3.05, 3.63) is 328 Å². The molecule has 440 valence electrons. The molecule has 0 fully saturated rings. The highest BCUT2D eigenvalue weighted by Crippen LogP contribution is 2.48. The first kappa shape index (κ1) is 54.7. The zero-order valence-electron chi connectivity index (χ0n) is 50.7. The van der Waals surface area contributed by atoms with Gasteiger partial charge in [0.2, 0.25) is 0 Å². The van der Waals surface area contributed by atoms with E-state index < -0.39 is 0 Å². The lowest BCUT2D eigenvalue weighted by molar-refractivity contribution is 1.19. The van der Waals surface area contributed by atoms with Crippen molar-refractivity contribution in [1.29, 1.82) is 0 Å². The van der Waals surface area contributed by atoms with E-state index >= 15 is 0 Å². The van der Waals surface area contributed by atoms with Crippen molar-refractivity contribution in [1.82, 2.24) is 9.13 Å². The maximum absolute atomic E-state index is 2.44. The molecule has 0 aliphatic carbocycles. The van der Waals surface area contributed by atoms with Crippen LogP contribution in [0.15, 0.2) is 328 Å². The van der Waals surface area contributed by atoms with Crippen molar-refractivity contribution in [3.63, 3.8) is 0 Å². The molecule has 0 aliphatic heterocycles. The Morgan fingerprint density at radius 2 is 0.543 bits per heavy atom. The van der Waals surface area contributed by atoms with Gasteiger partial charge in [0, 0.05) is 82.7 Å². The lowest BCUT2D eigenvalue weighted by Crippen LogP contribution is -1.92. The van der Waals surface area contributed by atoms with Crippen LogP contribution >= 0.6 is 45.3 Å². The van der Waals surface area contributed by atoms with Crippen molar-refractivity contribution in [2.24, 2.45) is 0 Å². The highest BCUT2D eigenvalue weighted by molar-refractivity contribution is 7.28. The molecular weight excluding hydrogens is 1210 g/mol. The molecule has 0 radical (unpaired) electrons. The predicted octanol–water partition coefficient (Wildman–Crippen LogP) is 26.7. The van der Waals surface area contributed by atoms with Crippen LogP contribution in [0, 0.1) is 0 Å². The molecule has 0 saturated heterocycles. The van der Waals surface area contributed by atoms with Crippen molar-refractivity contribution >= 4 is 148 Å². The number of fused-ring (bicyclic) bond motifs is 16.